The summed E-state index contributed by atoms with van der Waals surface area (Å²) in [7, 11) is 0. The van der Waals surface area contributed by atoms with Crippen LogP contribution < -0.4 is 0 Å². The predicted octanol–water partition coefficient (Wildman–Crippen LogP) is 2.65. The fourth-order valence-electron chi connectivity index (χ4n) is 1.54. The number of halogens is 1. The monoisotopic (exact) mass is 259 g/mol. The fraction of sp³-hybridized carbons (Fsp3) is 0.800. The molecule has 0 radical (unpaired) electrons. The van der Waals surface area contributed by atoms with Crippen molar-refractivity contribution in [1.29, 1.82) is 0 Å². The van der Waals surface area contributed by atoms with E-state index >= 15 is 0 Å². The van der Waals surface area contributed by atoms with Gasteiger partial charge in [-0.15, -0.1) is 5.10 Å². The third-order valence-electron chi connectivity index (χ3n) is 2.22. The highest BCUT2D eigenvalue weighted by atomic mass is 79.9. The molecular formula is C10H18BrN3. The highest BCUT2D eigenvalue weighted by molar-refractivity contribution is 9.09. The lowest BCUT2D eigenvalue weighted by Gasteiger charge is -2.08. The van der Waals surface area contributed by atoms with E-state index in [-0.39, 0.29) is 0 Å². The lowest BCUT2D eigenvalue weighted by Crippen LogP contribution is -2.07. The molecule has 0 spiro atoms. The van der Waals surface area contributed by atoms with Crippen molar-refractivity contribution in [3.8, 4) is 0 Å². The largest absolute Gasteiger partial charge is 0.252 e. The van der Waals surface area contributed by atoms with Crippen molar-refractivity contribution in [1.82, 2.24) is 15.0 Å². The highest BCUT2D eigenvalue weighted by Gasteiger charge is 2.04. The highest BCUT2D eigenvalue weighted by Crippen LogP contribution is 2.08. The van der Waals surface area contributed by atoms with E-state index in [1.54, 1.807) is 0 Å². The van der Waals surface area contributed by atoms with Crippen molar-refractivity contribution in [2.45, 2.75) is 39.7 Å². The summed E-state index contributed by atoms with van der Waals surface area (Å²) < 4.78 is 1.96. The molecule has 0 saturated carbocycles. The zero-order valence-corrected chi connectivity index (χ0v) is 10.5. The zero-order valence-electron chi connectivity index (χ0n) is 8.91. The van der Waals surface area contributed by atoms with Crippen molar-refractivity contribution in [3.05, 3.63) is 11.9 Å². The van der Waals surface area contributed by atoms with E-state index in [1.165, 1.54) is 12.8 Å². The number of rotatable bonds is 6. The molecular weight excluding hydrogens is 242 g/mol. The zero-order chi connectivity index (χ0) is 10.4. The quantitative estimate of drug-likeness (QED) is 0.736. The van der Waals surface area contributed by atoms with Gasteiger partial charge >= 0.3 is 0 Å². The molecule has 0 aliphatic heterocycles. The molecule has 0 N–H and O–H groups in total. The molecule has 1 aromatic rings. The molecule has 1 aromatic heterocycles. The number of aromatic nitrogens is 3. The van der Waals surface area contributed by atoms with Gasteiger partial charge in [0.05, 0.1) is 5.69 Å². The molecule has 0 bridgehead atoms. The Morgan fingerprint density at radius 1 is 1.57 bits per heavy atom. The minimum atomic E-state index is 0.693. The van der Waals surface area contributed by atoms with Crippen LogP contribution in [0.2, 0.25) is 0 Å². The molecule has 0 fully saturated rings. The number of hydrogen-bond acceptors (Lipinski definition) is 2. The molecule has 0 aliphatic rings. The molecule has 1 heterocycles. The maximum absolute atomic E-state index is 4.10. The molecule has 0 aromatic carbocycles. The summed E-state index contributed by atoms with van der Waals surface area (Å²) in [6, 6.07) is 0. The van der Waals surface area contributed by atoms with E-state index in [0.29, 0.717) is 5.92 Å². The Bertz CT molecular complexity index is 260. The third-order valence-corrected chi connectivity index (χ3v) is 2.61. The first-order valence-corrected chi connectivity index (χ1v) is 6.33. The molecule has 1 rings (SSSR count). The van der Waals surface area contributed by atoms with E-state index in [4.69, 9.17) is 0 Å². The van der Waals surface area contributed by atoms with Crippen molar-refractivity contribution >= 4 is 15.9 Å². The molecule has 1 unspecified atom stereocenters. The minimum absolute atomic E-state index is 0.693. The molecule has 14 heavy (non-hydrogen) atoms. The van der Waals surface area contributed by atoms with Crippen LogP contribution >= 0.6 is 15.9 Å². The minimum Gasteiger partial charge on any atom is -0.252 e. The SMILES string of the molecule is CCCC(C)Cn1cc(CCBr)nn1. The first kappa shape index (κ1) is 11.7. The van der Waals surface area contributed by atoms with Crippen LogP contribution in [0, 0.1) is 5.92 Å². The van der Waals surface area contributed by atoms with Gasteiger partial charge in [0, 0.05) is 24.5 Å². The summed E-state index contributed by atoms with van der Waals surface area (Å²) in [4.78, 5) is 0. The second-order valence-electron chi connectivity index (χ2n) is 3.76. The third kappa shape index (κ3) is 3.78. The molecule has 3 nitrogen and oxygen atoms in total. The molecule has 0 amide bonds. The lowest BCUT2D eigenvalue weighted by molar-refractivity contribution is 0.414. The molecule has 80 valence electrons. The van der Waals surface area contributed by atoms with E-state index < -0.39 is 0 Å². The van der Waals surface area contributed by atoms with Crippen molar-refractivity contribution in [2.75, 3.05) is 5.33 Å². The average molecular weight is 260 g/mol. The van der Waals surface area contributed by atoms with Gasteiger partial charge in [0.1, 0.15) is 0 Å². The van der Waals surface area contributed by atoms with Crippen LogP contribution in [0.3, 0.4) is 0 Å². The van der Waals surface area contributed by atoms with Crippen LogP contribution in [0.4, 0.5) is 0 Å². The van der Waals surface area contributed by atoms with Gasteiger partial charge < -0.3 is 0 Å². The van der Waals surface area contributed by atoms with Gasteiger partial charge in [0.2, 0.25) is 0 Å². The average Bonchev–Trinajstić information content (AvgIpc) is 2.53. The molecule has 4 heteroatoms. The maximum Gasteiger partial charge on any atom is 0.0835 e. The smallest absolute Gasteiger partial charge is 0.0835 e. The van der Waals surface area contributed by atoms with Gasteiger partial charge in [-0.25, -0.2) is 0 Å². The van der Waals surface area contributed by atoms with Crippen LogP contribution in [0.15, 0.2) is 6.20 Å². The van der Waals surface area contributed by atoms with Gasteiger partial charge in [0.25, 0.3) is 0 Å². The second-order valence-corrected chi connectivity index (χ2v) is 4.56. The molecule has 0 aliphatic carbocycles. The van der Waals surface area contributed by atoms with Gasteiger partial charge in [-0.05, 0) is 12.3 Å². The Kier molecular flexibility index (Phi) is 5.15. The number of aryl methyl sites for hydroxylation is 1. The number of hydrogen-bond donors (Lipinski definition) is 0. The van der Waals surface area contributed by atoms with Crippen LogP contribution in [0.1, 0.15) is 32.4 Å². The van der Waals surface area contributed by atoms with E-state index in [9.17, 15) is 0 Å². The van der Waals surface area contributed by atoms with Crippen molar-refractivity contribution < 1.29 is 0 Å². The molecule has 1 atom stereocenters. The van der Waals surface area contributed by atoms with E-state index in [1.807, 2.05) is 10.9 Å². The lowest BCUT2D eigenvalue weighted by atomic mass is 10.1. The maximum atomic E-state index is 4.10. The van der Waals surface area contributed by atoms with Gasteiger partial charge in [-0.3, -0.25) is 4.68 Å². The van der Waals surface area contributed by atoms with E-state index in [2.05, 4.69) is 40.1 Å². The summed E-state index contributed by atoms with van der Waals surface area (Å²) in [6.07, 6.45) is 5.51. The van der Waals surface area contributed by atoms with Crippen molar-refractivity contribution in [2.24, 2.45) is 5.92 Å². The van der Waals surface area contributed by atoms with Crippen LogP contribution in [-0.4, -0.2) is 20.3 Å². The fourth-order valence-corrected chi connectivity index (χ4v) is 1.95. The Morgan fingerprint density at radius 3 is 3.00 bits per heavy atom. The Morgan fingerprint density at radius 2 is 2.36 bits per heavy atom. The first-order chi connectivity index (χ1) is 6.76. The van der Waals surface area contributed by atoms with Gasteiger partial charge in [-0.2, -0.15) is 0 Å². The van der Waals surface area contributed by atoms with Crippen LogP contribution in [-0.2, 0) is 13.0 Å². The summed E-state index contributed by atoms with van der Waals surface area (Å²) >= 11 is 3.39. The van der Waals surface area contributed by atoms with E-state index in [0.717, 1.165) is 24.0 Å². The van der Waals surface area contributed by atoms with Gasteiger partial charge in [0.15, 0.2) is 0 Å². The van der Waals surface area contributed by atoms with Gasteiger partial charge in [-0.1, -0.05) is 41.4 Å². The second kappa shape index (κ2) is 6.17. The summed E-state index contributed by atoms with van der Waals surface area (Å²) in [5, 5.41) is 9.16. The standard InChI is InChI=1S/C10H18BrN3/c1-3-4-9(2)7-14-8-10(5-6-11)12-13-14/h8-9H,3-7H2,1-2H3. The normalized spacial score (nSPS) is 13.1. The summed E-state index contributed by atoms with van der Waals surface area (Å²) in [6.45, 7) is 5.46. The predicted molar refractivity (Wildman–Crippen MR) is 61.6 cm³/mol. The number of alkyl halides is 1. The Labute approximate surface area is 94.0 Å². The van der Waals surface area contributed by atoms with Crippen LogP contribution in [0.5, 0.6) is 0 Å². The Balaban J connectivity index is 2.42. The Hall–Kier alpha value is -0.380. The topological polar surface area (TPSA) is 30.7 Å². The summed E-state index contributed by atoms with van der Waals surface area (Å²) in [5.74, 6) is 0.693. The number of nitrogens with zero attached hydrogens (tertiary/aromatic N) is 3. The van der Waals surface area contributed by atoms with Crippen LogP contribution in [0.25, 0.3) is 0 Å². The first-order valence-electron chi connectivity index (χ1n) is 5.21. The van der Waals surface area contributed by atoms with Crippen molar-refractivity contribution in [3.63, 3.8) is 0 Å². The summed E-state index contributed by atoms with van der Waals surface area (Å²) in [5.41, 5.74) is 1.07. The molecule has 0 saturated heterocycles.